The van der Waals surface area contributed by atoms with Crippen LogP contribution >= 0.6 is 0 Å². The zero-order valence-electron chi connectivity index (χ0n) is 10.9. The van der Waals surface area contributed by atoms with Crippen LogP contribution in [0, 0.1) is 11.3 Å². The topological polar surface area (TPSA) is 43.7 Å². The van der Waals surface area contributed by atoms with E-state index in [1.54, 1.807) is 0 Å². The lowest BCUT2D eigenvalue weighted by Gasteiger charge is -2.40. The highest BCUT2D eigenvalue weighted by Gasteiger charge is 2.34. The summed E-state index contributed by atoms with van der Waals surface area (Å²) in [6, 6.07) is 0. The molecule has 3 heteroatoms. The maximum Gasteiger partial charge on any atom is 0.0581 e. The Labute approximate surface area is 99.5 Å². The number of likely N-dealkylation sites (N-methyl/N-ethyl adjacent to an activating group) is 1. The smallest absolute Gasteiger partial charge is 0.0581 e. The van der Waals surface area contributed by atoms with Crippen LogP contribution in [0.4, 0.5) is 0 Å². The van der Waals surface area contributed by atoms with Crippen molar-refractivity contribution < 1.29 is 10.2 Å². The number of aliphatic hydroxyl groups is 2. The Morgan fingerprint density at radius 1 is 1.38 bits per heavy atom. The second-order valence-corrected chi connectivity index (χ2v) is 5.85. The van der Waals surface area contributed by atoms with Crippen LogP contribution in [-0.2, 0) is 0 Å². The van der Waals surface area contributed by atoms with Gasteiger partial charge in [0.05, 0.1) is 12.7 Å². The second-order valence-electron chi connectivity index (χ2n) is 5.85. The standard InChI is InChI=1S/C13H27NO2/c1-4-14(7-8-15)10-11-9-13(2,3)6-5-12(11)16/h11-12,15-16H,4-10H2,1-3H3. The number of aliphatic hydroxyl groups excluding tert-OH is 2. The monoisotopic (exact) mass is 229 g/mol. The Hall–Kier alpha value is -0.120. The maximum atomic E-state index is 10.0. The molecule has 2 atom stereocenters. The highest BCUT2D eigenvalue weighted by molar-refractivity contribution is 4.86. The van der Waals surface area contributed by atoms with Gasteiger partial charge in [-0.05, 0) is 37.1 Å². The van der Waals surface area contributed by atoms with Crippen molar-refractivity contribution in [1.29, 1.82) is 0 Å². The minimum absolute atomic E-state index is 0.152. The molecule has 0 saturated heterocycles. The van der Waals surface area contributed by atoms with E-state index < -0.39 is 0 Å². The van der Waals surface area contributed by atoms with Gasteiger partial charge < -0.3 is 15.1 Å². The third-order valence-corrected chi connectivity index (χ3v) is 3.83. The molecule has 0 heterocycles. The predicted octanol–water partition coefficient (Wildman–Crippen LogP) is 1.49. The Morgan fingerprint density at radius 3 is 2.62 bits per heavy atom. The van der Waals surface area contributed by atoms with Crippen LogP contribution in [0.25, 0.3) is 0 Å². The van der Waals surface area contributed by atoms with E-state index in [-0.39, 0.29) is 12.7 Å². The third-order valence-electron chi connectivity index (χ3n) is 3.83. The molecule has 1 saturated carbocycles. The molecular weight excluding hydrogens is 202 g/mol. The van der Waals surface area contributed by atoms with Gasteiger partial charge in [-0.25, -0.2) is 0 Å². The van der Waals surface area contributed by atoms with Crippen LogP contribution in [-0.4, -0.2) is 47.5 Å². The fourth-order valence-corrected chi connectivity index (χ4v) is 2.76. The predicted molar refractivity (Wildman–Crippen MR) is 66.3 cm³/mol. The fraction of sp³-hybridized carbons (Fsp3) is 1.00. The molecule has 1 aliphatic rings. The summed E-state index contributed by atoms with van der Waals surface area (Å²) in [5, 5.41) is 19.0. The van der Waals surface area contributed by atoms with E-state index in [1.165, 1.54) is 0 Å². The van der Waals surface area contributed by atoms with E-state index >= 15 is 0 Å². The highest BCUT2D eigenvalue weighted by Crippen LogP contribution is 2.38. The third kappa shape index (κ3) is 4.04. The summed E-state index contributed by atoms with van der Waals surface area (Å²) in [6.07, 6.45) is 2.99. The summed E-state index contributed by atoms with van der Waals surface area (Å²) in [4.78, 5) is 2.23. The lowest BCUT2D eigenvalue weighted by atomic mass is 9.71. The Balaban J connectivity index is 2.49. The van der Waals surface area contributed by atoms with Crippen molar-refractivity contribution in [2.24, 2.45) is 11.3 Å². The summed E-state index contributed by atoms with van der Waals surface area (Å²) in [5.74, 6) is 0.371. The van der Waals surface area contributed by atoms with Crippen molar-refractivity contribution in [3.05, 3.63) is 0 Å². The molecule has 96 valence electrons. The van der Waals surface area contributed by atoms with Gasteiger partial charge in [-0.1, -0.05) is 20.8 Å². The molecule has 3 nitrogen and oxygen atoms in total. The maximum absolute atomic E-state index is 10.0. The Bertz CT molecular complexity index is 206. The first-order chi connectivity index (χ1) is 7.48. The van der Waals surface area contributed by atoms with E-state index in [9.17, 15) is 5.11 Å². The van der Waals surface area contributed by atoms with Crippen molar-refractivity contribution >= 4 is 0 Å². The molecule has 0 aromatic heterocycles. The van der Waals surface area contributed by atoms with Crippen LogP contribution in [0.1, 0.15) is 40.0 Å². The van der Waals surface area contributed by atoms with E-state index in [0.29, 0.717) is 11.3 Å². The zero-order chi connectivity index (χ0) is 12.2. The number of rotatable bonds is 5. The number of nitrogens with zero attached hydrogens (tertiary/aromatic N) is 1. The van der Waals surface area contributed by atoms with Crippen LogP contribution in [0.15, 0.2) is 0 Å². The molecule has 1 rings (SSSR count). The number of hydrogen-bond donors (Lipinski definition) is 2. The molecule has 1 fully saturated rings. The average Bonchev–Trinajstić information content (AvgIpc) is 2.22. The molecule has 16 heavy (non-hydrogen) atoms. The van der Waals surface area contributed by atoms with Gasteiger partial charge >= 0.3 is 0 Å². The molecule has 2 N–H and O–H groups in total. The lowest BCUT2D eigenvalue weighted by Crippen LogP contribution is -2.41. The van der Waals surface area contributed by atoms with Crippen molar-refractivity contribution in [3.63, 3.8) is 0 Å². The highest BCUT2D eigenvalue weighted by atomic mass is 16.3. The minimum atomic E-state index is -0.152. The molecule has 0 aromatic rings. The summed E-state index contributed by atoms with van der Waals surface area (Å²) in [7, 11) is 0. The van der Waals surface area contributed by atoms with Gasteiger partial charge in [0.15, 0.2) is 0 Å². The minimum Gasteiger partial charge on any atom is -0.395 e. The summed E-state index contributed by atoms with van der Waals surface area (Å²) >= 11 is 0. The quantitative estimate of drug-likeness (QED) is 0.750. The van der Waals surface area contributed by atoms with Gasteiger partial charge in [0.25, 0.3) is 0 Å². The fourth-order valence-electron chi connectivity index (χ4n) is 2.76. The first kappa shape index (κ1) is 13.9. The summed E-state index contributed by atoms with van der Waals surface area (Å²) < 4.78 is 0. The van der Waals surface area contributed by atoms with Gasteiger partial charge in [-0.15, -0.1) is 0 Å². The Morgan fingerprint density at radius 2 is 2.06 bits per heavy atom. The van der Waals surface area contributed by atoms with Gasteiger partial charge in [-0.3, -0.25) is 0 Å². The van der Waals surface area contributed by atoms with Gasteiger partial charge in [-0.2, -0.15) is 0 Å². The van der Waals surface area contributed by atoms with Crippen LogP contribution in [0.2, 0.25) is 0 Å². The molecule has 0 spiro atoms. The van der Waals surface area contributed by atoms with Crippen LogP contribution in [0.5, 0.6) is 0 Å². The van der Waals surface area contributed by atoms with Gasteiger partial charge in [0.2, 0.25) is 0 Å². The Kier molecular flexibility index (Phi) is 5.22. The zero-order valence-corrected chi connectivity index (χ0v) is 10.9. The molecule has 0 bridgehead atoms. The van der Waals surface area contributed by atoms with E-state index in [1.807, 2.05) is 0 Å². The molecule has 1 aliphatic carbocycles. The summed E-state index contributed by atoms with van der Waals surface area (Å²) in [6.45, 7) is 9.48. The van der Waals surface area contributed by atoms with Gasteiger partial charge in [0.1, 0.15) is 0 Å². The molecule has 0 aliphatic heterocycles. The van der Waals surface area contributed by atoms with E-state index in [2.05, 4.69) is 25.7 Å². The number of hydrogen-bond acceptors (Lipinski definition) is 3. The second kappa shape index (κ2) is 5.99. The van der Waals surface area contributed by atoms with Crippen molar-refractivity contribution in [2.45, 2.75) is 46.1 Å². The van der Waals surface area contributed by atoms with E-state index in [4.69, 9.17) is 5.11 Å². The van der Waals surface area contributed by atoms with Gasteiger partial charge in [0, 0.05) is 13.1 Å². The first-order valence-corrected chi connectivity index (χ1v) is 6.50. The largest absolute Gasteiger partial charge is 0.395 e. The first-order valence-electron chi connectivity index (χ1n) is 6.50. The molecule has 0 aromatic carbocycles. The SMILES string of the molecule is CCN(CCO)CC1CC(C)(C)CCC1O. The average molecular weight is 229 g/mol. The van der Waals surface area contributed by atoms with E-state index in [0.717, 1.165) is 38.9 Å². The molecule has 0 radical (unpaired) electrons. The van der Waals surface area contributed by atoms with Crippen molar-refractivity contribution in [1.82, 2.24) is 4.90 Å². The molecule has 0 amide bonds. The van der Waals surface area contributed by atoms with Crippen LogP contribution < -0.4 is 0 Å². The van der Waals surface area contributed by atoms with Crippen molar-refractivity contribution in [2.75, 3.05) is 26.2 Å². The molecule has 2 unspecified atom stereocenters. The van der Waals surface area contributed by atoms with Crippen molar-refractivity contribution in [3.8, 4) is 0 Å². The normalized spacial score (nSPS) is 29.6. The molecular formula is C13H27NO2. The summed E-state index contributed by atoms with van der Waals surface area (Å²) in [5.41, 5.74) is 0.364. The van der Waals surface area contributed by atoms with Crippen LogP contribution in [0.3, 0.4) is 0 Å². The lowest BCUT2D eigenvalue weighted by molar-refractivity contribution is 0.00296.